The Kier molecular flexibility index (Phi) is 9.03. The number of pyridine rings is 2. The fraction of sp³-hybridized carbons (Fsp3) is 0.115. The smallest absolute Gasteiger partial charge is 0.0702 e. The molecule has 0 fully saturated rings. The van der Waals surface area contributed by atoms with Gasteiger partial charge < -0.3 is 9.47 Å². The van der Waals surface area contributed by atoms with Gasteiger partial charge in [-0.05, 0) is 113 Å². The molecule has 4 heteroatoms. The Hall–Kier alpha value is -6.78. The van der Waals surface area contributed by atoms with Crippen molar-refractivity contribution in [3.63, 3.8) is 0 Å². The summed E-state index contributed by atoms with van der Waals surface area (Å²) in [5.41, 5.74) is 16.0. The topological polar surface area (TPSA) is 34.0 Å². The van der Waals surface area contributed by atoms with Crippen LogP contribution in [0.1, 0.15) is 45.2 Å². The van der Waals surface area contributed by atoms with Crippen molar-refractivity contribution in [3.8, 4) is 39.3 Å². The second-order valence-electron chi connectivity index (χ2n) is 15.0. The van der Waals surface area contributed by atoms with Gasteiger partial charge in [-0.15, -0.1) is 0 Å². The third-order valence-corrected chi connectivity index (χ3v) is 10.9. The second kappa shape index (κ2) is 14.5. The monoisotopic (exact) mass is 724 g/mol. The molecule has 0 saturated heterocycles. The predicted molar refractivity (Wildman–Crippen MR) is 235 cm³/mol. The quantitative estimate of drug-likeness (QED) is 0.171. The van der Waals surface area contributed by atoms with E-state index in [2.05, 4.69) is 193 Å². The molecule has 4 nitrogen and oxygen atoms in total. The van der Waals surface area contributed by atoms with Gasteiger partial charge in [0.2, 0.25) is 0 Å². The van der Waals surface area contributed by atoms with Gasteiger partial charge in [-0.3, -0.25) is 9.97 Å². The van der Waals surface area contributed by atoms with E-state index in [-0.39, 0.29) is 5.41 Å². The minimum atomic E-state index is -0.0999. The standard InChI is InChI=1S/C49H36N4.C3H8/c1-49(2)43-21-7-6-20-39(43)40-31-42-41-30-38(24-25-47(41)53(48(42)32-44(40)49)35-16-4-3-5-17-35)52(36-18-12-14-33(28-36)45-22-8-10-26-50-45)37-19-13-15-34(29-37)46-23-9-11-27-51-46;1-3-2/h3-32H,1-2H3;3H2,1-2H3. The molecule has 0 atom stereocenters. The van der Waals surface area contributed by atoms with E-state index in [9.17, 15) is 0 Å². The Morgan fingerprint density at radius 2 is 1.05 bits per heavy atom. The fourth-order valence-corrected chi connectivity index (χ4v) is 8.32. The van der Waals surface area contributed by atoms with E-state index in [0.717, 1.165) is 45.3 Å². The molecule has 10 rings (SSSR count). The fourth-order valence-electron chi connectivity index (χ4n) is 8.32. The van der Waals surface area contributed by atoms with Crippen molar-refractivity contribution < 1.29 is 0 Å². The van der Waals surface area contributed by atoms with E-state index < -0.39 is 0 Å². The summed E-state index contributed by atoms with van der Waals surface area (Å²) in [7, 11) is 0. The van der Waals surface area contributed by atoms with Crippen LogP contribution in [0.4, 0.5) is 17.1 Å². The second-order valence-corrected chi connectivity index (χ2v) is 15.0. The molecule has 0 bridgehead atoms. The zero-order valence-electron chi connectivity index (χ0n) is 32.3. The Labute approximate surface area is 329 Å². The number of hydrogen-bond donors (Lipinski definition) is 0. The summed E-state index contributed by atoms with van der Waals surface area (Å²) in [6.07, 6.45) is 4.95. The van der Waals surface area contributed by atoms with Crippen LogP contribution in [0.25, 0.3) is 61.1 Å². The third-order valence-electron chi connectivity index (χ3n) is 10.9. The molecule has 6 aromatic carbocycles. The van der Waals surface area contributed by atoms with Gasteiger partial charge in [0.05, 0.1) is 22.4 Å². The molecule has 3 heterocycles. The Bertz CT molecular complexity index is 2740. The lowest BCUT2D eigenvalue weighted by Gasteiger charge is -2.26. The molecule has 3 aromatic heterocycles. The maximum absolute atomic E-state index is 4.68. The van der Waals surface area contributed by atoms with Crippen LogP contribution >= 0.6 is 0 Å². The Balaban J connectivity index is 0.00000133. The van der Waals surface area contributed by atoms with E-state index in [1.165, 1.54) is 50.5 Å². The lowest BCUT2D eigenvalue weighted by molar-refractivity contribution is 0.661. The van der Waals surface area contributed by atoms with E-state index in [1.807, 2.05) is 36.7 Å². The molecule has 0 aliphatic heterocycles. The summed E-state index contributed by atoms with van der Waals surface area (Å²) in [6.45, 7) is 8.96. The lowest BCUT2D eigenvalue weighted by atomic mass is 9.82. The minimum Gasteiger partial charge on any atom is -0.310 e. The van der Waals surface area contributed by atoms with E-state index >= 15 is 0 Å². The van der Waals surface area contributed by atoms with Gasteiger partial charge >= 0.3 is 0 Å². The summed E-state index contributed by atoms with van der Waals surface area (Å²) >= 11 is 0. The molecule has 56 heavy (non-hydrogen) atoms. The SMILES string of the molecule is CC1(C)c2ccccc2-c2cc3c4cc(N(c5cccc(-c6ccccn6)c5)c5cccc(-c6ccccn6)c5)ccc4n(-c4ccccc4)c3cc21.CCC. The van der Waals surface area contributed by atoms with Crippen molar-refractivity contribution in [2.45, 2.75) is 39.5 Å². The van der Waals surface area contributed by atoms with Gasteiger partial charge in [-0.25, -0.2) is 0 Å². The normalized spacial score (nSPS) is 12.5. The molecule has 0 radical (unpaired) electrons. The molecule has 0 spiro atoms. The van der Waals surface area contributed by atoms with Gasteiger partial charge in [0, 0.05) is 62.5 Å². The van der Waals surface area contributed by atoms with Crippen LogP contribution in [0.2, 0.25) is 0 Å². The Morgan fingerprint density at radius 1 is 0.482 bits per heavy atom. The third kappa shape index (κ3) is 6.04. The molecule has 1 aliphatic carbocycles. The van der Waals surface area contributed by atoms with E-state index in [0.29, 0.717) is 0 Å². The van der Waals surface area contributed by atoms with Crippen molar-refractivity contribution >= 4 is 38.9 Å². The summed E-state index contributed by atoms with van der Waals surface area (Å²) in [6, 6.07) is 60.9. The highest BCUT2D eigenvalue weighted by Crippen LogP contribution is 2.51. The molecule has 272 valence electrons. The highest BCUT2D eigenvalue weighted by atomic mass is 15.1. The van der Waals surface area contributed by atoms with Crippen LogP contribution in [0.3, 0.4) is 0 Å². The van der Waals surface area contributed by atoms with Crippen LogP contribution in [-0.4, -0.2) is 14.5 Å². The number of hydrogen-bond acceptors (Lipinski definition) is 3. The van der Waals surface area contributed by atoms with Gasteiger partial charge in [0.25, 0.3) is 0 Å². The molecule has 0 amide bonds. The maximum atomic E-state index is 4.68. The molecular weight excluding hydrogens is 681 g/mol. The number of anilines is 3. The van der Waals surface area contributed by atoms with Crippen molar-refractivity contribution in [2.24, 2.45) is 0 Å². The highest BCUT2D eigenvalue weighted by molar-refractivity contribution is 6.13. The molecule has 0 unspecified atom stereocenters. The van der Waals surface area contributed by atoms with Crippen molar-refractivity contribution in [3.05, 3.63) is 193 Å². The molecule has 9 aromatic rings. The first kappa shape index (κ1) is 35.0. The zero-order valence-corrected chi connectivity index (χ0v) is 32.3. The van der Waals surface area contributed by atoms with Crippen LogP contribution in [0, 0.1) is 0 Å². The average molecular weight is 725 g/mol. The Morgan fingerprint density at radius 3 is 1.68 bits per heavy atom. The first-order valence-electron chi connectivity index (χ1n) is 19.6. The van der Waals surface area contributed by atoms with Crippen molar-refractivity contribution in [1.82, 2.24) is 14.5 Å². The minimum absolute atomic E-state index is 0.0999. The first-order chi connectivity index (χ1) is 27.5. The van der Waals surface area contributed by atoms with Crippen molar-refractivity contribution in [2.75, 3.05) is 4.90 Å². The first-order valence-corrected chi connectivity index (χ1v) is 19.6. The van der Waals surface area contributed by atoms with Gasteiger partial charge in [0.15, 0.2) is 0 Å². The number of para-hydroxylation sites is 1. The number of rotatable bonds is 6. The molecular formula is C52H44N4. The van der Waals surface area contributed by atoms with Crippen LogP contribution in [-0.2, 0) is 5.41 Å². The largest absolute Gasteiger partial charge is 0.310 e. The number of fused-ring (bicyclic) bond motifs is 6. The summed E-state index contributed by atoms with van der Waals surface area (Å²) in [5.74, 6) is 0. The average Bonchev–Trinajstić information content (AvgIpc) is 3.69. The molecule has 0 saturated carbocycles. The maximum Gasteiger partial charge on any atom is 0.0702 e. The van der Waals surface area contributed by atoms with Crippen LogP contribution < -0.4 is 4.90 Å². The van der Waals surface area contributed by atoms with E-state index in [4.69, 9.17) is 0 Å². The van der Waals surface area contributed by atoms with Crippen LogP contribution in [0.5, 0.6) is 0 Å². The molecule has 0 N–H and O–H groups in total. The van der Waals surface area contributed by atoms with Gasteiger partial charge in [-0.2, -0.15) is 0 Å². The lowest BCUT2D eigenvalue weighted by Crippen LogP contribution is -2.14. The molecule has 1 aliphatic rings. The summed E-state index contributed by atoms with van der Waals surface area (Å²) < 4.78 is 2.43. The predicted octanol–water partition coefficient (Wildman–Crippen LogP) is 14.1. The number of nitrogens with zero attached hydrogens (tertiary/aromatic N) is 4. The van der Waals surface area contributed by atoms with Crippen LogP contribution in [0.15, 0.2) is 182 Å². The van der Waals surface area contributed by atoms with Gasteiger partial charge in [-0.1, -0.05) is 113 Å². The summed E-state index contributed by atoms with van der Waals surface area (Å²) in [5, 5.41) is 2.44. The van der Waals surface area contributed by atoms with Gasteiger partial charge in [0.1, 0.15) is 0 Å². The number of aromatic nitrogens is 3. The van der Waals surface area contributed by atoms with Crippen molar-refractivity contribution in [1.29, 1.82) is 0 Å². The number of benzene rings is 6. The highest BCUT2D eigenvalue weighted by Gasteiger charge is 2.36. The zero-order chi connectivity index (χ0) is 38.2. The van der Waals surface area contributed by atoms with E-state index in [1.54, 1.807) is 0 Å². The summed E-state index contributed by atoms with van der Waals surface area (Å²) in [4.78, 5) is 11.7.